The summed E-state index contributed by atoms with van der Waals surface area (Å²) >= 11 is 0. The first kappa shape index (κ1) is 17.7. The van der Waals surface area contributed by atoms with Crippen LogP contribution in [0.5, 0.6) is 0 Å². The highest BCUT2D eigenvalue weighted by Gasteiger charge is 2.49. The van der Waals surface area contributed by atoms with Gasteiger partial charge >= 0.3 is 17.9 Å². The topological polar surface area (TPSA) is 137 Å². The fourth-order valence-electron chi connectivity index (χ4n) is 2.11. The average molecular weight is 315 g/mol. The molecule has 0 unspecified atom stereocenters. The van der Waals surface area contributed by atoms with Gasteiger partial charge in [0.15, 0.2) is 12.2 Å². The second kappa shape index (κ2) is 7.62. The van der Waals surface area contributed by atoms with Crippen molar-refractivity contribution < 1.29 is 33.3 Å². The molecule has 0 aromatic heterocycles. The number of nitrogens with zero attached hydrogens (tertiary/aromatic N) is 3. The first-order chi connectivity index (χ1) is 10.3. The van der Waals surface area contributed by atoms with E-state index in [0.29, 0.717) is 0 Å². The molecule has 0 aromatic carbocycles. The predicted octanol–water partition coefficient (Wildman–Crippen LogP) is 0.837. The second-order valence-corrected chi connectivity index (χ2v) is 4.66. The summed E-state index contributed by atoms with van der Waals surface area (Å²) in [5.41, 5.74) is 8.67. The molecule has 1 fully saturated rings. The third-order valence-electron chi connectivity index (χ3n) is 2.82. The summed E-state index contributed by atoms with van der Waals surface area (Å²) in [6.07, 6.45) is -4.13. The number of hydrogen-bond acceptors (Lipinski definition) is 8. The predicted molar refractivity (Wildman–Crippen MR) is 70.1 cm³/mol. The Labute approximate surface area is 126 Å². The fourth-order valence-corrected chi connectivity index (χ4v) is 2.11. The molecule has 122 valence electrons. The minimum absolute atomic E-state index is 0.622. The Bertz CT molecular complexity index is 503. The zero-order valence-electron chi connectivity index (χ0n) is 12.6. The summed E-state index contributed by atoms with van der Waals surface area (Å²) in [7, 11) is 0. The summed E-state index contributed by atoms with van der Waals surface area (Å²) in [5.74, 6) is -1.96. The molecular formula is C12H17N3O7. The maximum atomic E-state index is 11.3. The second-order valence-electron chi connectivity index (χ2n) is 4.66. The van der Waals surface area contributed by atoms with E-state index in [2.05, 4.69) is 10.0 Å². The molecule has 0 bridgehead atoms. The van der Waals surface area contributed by atoms with Crippen molar-refractivity contribution in [1.29, 1.82) is 0 Å². The smallest absolute Gasteiger partial charge is 0.304 e. The fraction of sp³-hybridized carbons (Fsp3) is 0.750. The molecule has 0 aromatic rings. The van der Waals surface area contributed by atoms with Crippen LogP contribution >= 0.6 is 0 Å². The van der Waals surface area contributed by atoms with Crippen molar-refractivity contribution in [3.63, 3.8) is 0 Å². The molecule has 0 N–H and O–H groups in total. The van der Waals surface area contributed by atoms with E-state index in [9.17, 15) is 14.4 Å². The van der Waals surface area contributed by atoms with Gasteiger partial charge in [-0.15, -0.1) is 0 Å². The number of carbonyl (C=O) groups excluding carboxylic acids is 3. The Balaban J connectivity index is 3.16. The number of hydrogen-bond donors (Lipinski definition) is 0. The van der Waals surface area contributed by atoms with Gasteiger partial charge in [0.2, 0.25) is 6.29 Å². The maximum absolute atomic E-state index is 11.3. The zero-order chi connectivity index (χ0) is 16.9. The SMILES string of the molecule is CC(=O)O[C@@H]1O[C@@H](C)[C@@H](OC(C)=O)[C@@H](OC(C)=O)[C@@H]1N=[N+]=[N-]. The van der Waals surface area contributed by atoms with E-state index in [4.69, 9.17) is 24.5 Å². The highest BCUT2D eigenvalue weighted by atomic mass is 16.7. The number of carbonyl (C=O) groups is 3. The molecule has 1 rings (SSSR count). The first-order valence-electron chi connectivity index (χ1n) is 6.47. The van der Waals surface area contributed by atoms with Crippen molar-refractivity contribution in [3.05, 3.63) is 10.4 Å². The summed E-state index contributed by atoms with van der Waals surface area (Å²) < 4.78 is 20.5. The third-order valence-corrected chi connectivity index (χ3v) is 2.82. The Kier molecular flexibility index (Phi) is 6.14. The lowest BCUT2D eigenvalue weighted by Crippen LogP contribution is -2.59. The average Bonchev–Trinajstić information content (AvgIpc) is 2.36. The Morgan fingerprint density at radius 1 is 1.00 bits per heavy atom. The summed E-state index contributed by atoms with van der Waals surface area (Å²) in [6, 6.07) is -1.18. The molecule has 1 aliphatic heterocycles. The summed E-state index contributed by atoms with van der Waals surface area (Å²) in [6.45, 7) is 5.03. The van der Waals surface area contributed by atoms with E-state index in [0.717, 1.165) is 13.8 Å². The number of ether oxygens (including phenoxy) is 4. The van der Waals surface area contributed by atoms with Crippen molar-refractivity contribution in [2.75, 3.05) is 0 Å². The summed E-state index contributed by atoms with van der Waals surface area (Å²) in [4.78, 5) is 36.2. The largest absolute Gasteiger partial charge is 0.458 e. The lowest BCUT2D eigenvalue weighted by molar-refractivity contribution is -0.257. The van der Waals surface area contributed by atoms with Crippen LogP contribution in [0.4, 0.5) is 0 Å². The lowest BCUT2D eigenvalue weighted by Gasteiger charge is -2.41. The molecule has 1 aliphatic rings. The van der Waals surface area contributed by atoms with Crippen molar-refractivity contribution in [2.24, 2.45) is 5.11 Å². The Hall–Kier alpha value is -2.32. The molecule has 10 heteroatoms. The van der Waals surface area contributed by atoms with Gasteiger partial charge in [-0.2, -0.15) is 0 Å². The first-order valence-corrected chi connectivity index (χ1v) is 6.47. The van der Waals surface area contributed by atoms with Crippen LogP contribution in [0.25, 0.3) is 10.4 Å². The van der Waals surface area contributed by atoms with E-state index >= 15 is 0 Å². The van der Waals surface area contributed by atoms with Gasteiger partial charge < -0.3 is 18.9 Å². The van der Waals surface area contributed by atoms with E-state index < -0.39 is 48.6 Å². The van der Waals surface area contributed by atoms with E-state index in [1.165, 1.54) is 6.92 Å². The van der Waals surface area contributed by atoms with Gasteiger partial charge in [-0.25, -0.2) is 0 Å². The van der Waals surface area contributed by atoms with Crippen LogP contribution in [0.3, 0.4) is 0 Å². The van der Waals surface area contributed by atoms with E-state index in [-0.39, 0.29) is 0 Å². The minimum atomic E-state index is -1.25. The molecule has 0 spiro atoms. The van der Waals surface area contributed by atoms with Gasteiger partial charge in [-0.05, 0) is 12.5 Å². The quantitative estimate of drug-likeness (QED) is 0.246. The van der Waals surface area contributed by atoms with Gasteiger partial charge in [-0.3, -0.25) is 14.4 Å². The molecule has 0 amide bonds. The van der Waals surface area contributed by atoms with Crippen LogP contribution in [0.2, 0.25) is 0 Å². The standard InChI is InChI=1S/C12H17N3O7/c1-5-10(20-6(2)16)11(21-7(3)17)9(14-15-13)12(19-5)22-8(4)18/h5,9-12H,1-4H3/t5-,9-,10+,11-,12-/m0/s1. The Morgan fingerprint density at radius 2 is 1.50 bits per heavy atom. The van der Waals surface area contributed by atoms with Crippen LogP contribution < -0.4 is 0 Å². The van der Waals surface area contributed by atoms with Gasteiger partial charge in [0, 0.05) is 25.7 Å². The summed E-state index contributed by atoms with van der Waals surface area (Å²) in [5, 5.41) is 3.45. The molecule has 0 saturated carbocycles. The molecule has 0 radical (unpaired) electrons. The monoisotopic (exact) mass is 315 g/mol. The van der Waals surface area contributed by atoms with Crippen molar-refractivity contribution in [3.8, 4) is 0 Å². The van der Waals surface area contributed by atoms with Gasteiger partial charge in [-0.1, -0.05) is 5.11 Å². The van der Waals surface area contributed by atoms with Gasteiger partial charge in [0.25, 0.3) is 0 Å². The zero-order valence-corrected chi connectivity index (χ0v) is 12.6. The van der Waals surface area contributed by atoms with Crippen LogP contribution in [0.1, 0.15) is 27.7 Å². The maximum Gasteiger partial charge on any atom is 0.304 e. The molecular weight excluding hydrogens is 298 g/mol. The molecule has 10 nitrogen and oxygen atoms in total. The highest BCUT2D eigenvalue weighted by molar-refractivity contribution is 5.68. The molecule has 1 heterocycles. The van der Waals surface area contributed by atoms with E-state index in [1.807, 2.05) is 0 Å². The number of rotatable bonds is 4. The minimum Gasteiger partial charge on any atom is -0.458 e. The van der Waals surface area contributed by atoms with Crippen LogP contribution in [0.15, 0.2) is 5.11 Å². The number of esters is 3. The Morgan fingerprint density at radius 3 is 1.95 bits per heavy atom. The van der Waals surface area contributed by atoms with Crippen LogP contribution in [0, 0.1) is 0 Å². The third kappa shape index (κ3) is 4.61. The van der Waals surface area contributed by atoms with Crippen molar-refractivity contribution in [2.45, 2.75) is 58.3 Å². The molecule has 0 aliphatic carbocycles. The van der Waals surface area contributed by atoms with Crippen molar-refractivity contribution in [1.82, 2.24) is 0 Å². The number of azide groups is 1. The normalized spacial score (nSPS) is 30.6. The highest BCUT2D eigenvalue weighted by Crippen LogP contribution is 2.29. The van der Waals surface area contributed by atoms with Gasteiger partial charge in [0.1, 0.15) is 6.04 Å². The van der Waals surface area contributed by atoms with Gasteiger partial charge in [0.05, 0.1) is 6.10 Å². The van der Waals surface area contributed by atoms with Crippen LogP contribution in [-0.2, 0) is 33.3 Å². The molecule has 1 saturated heterocycles. The molecule has 5 atom stereocenters. The molecule has 22 heavy (non-hydrogen) atoms. The lowest BCUT2D eigenvalue weighted by atomic mass is 9.97. The van der Waals surface area contributed by atoms with Crippen molar-refractivity contribution >= 4 is 17.9 Å². The van der Waals surface area contributed by atoms with E-state index in [1.54, 1.807) is 6.92 Å². The van der Waals surface area contributed by atoms with Crippen LogP contribution in [-0.4, -0.2) is 48.6 Å².